The SMILES string of the molecule is CC[C@](C)(O)C(=O)N1CC2(CC2)[C@H](NS(=O)(=O)CF)C[C@@H]1Cc1cccc(-c2cccc(F)c2)c1F. The molecular weight excluding hydrogens is 493 g/mol. The number of amides is 1. The molecule has 1 heterocycles. The van der Waals surface area contributed by atoms with E-state index >= 15 is 4.39 Å². The average molecular weight is 525 g/mol. The zero-order valence-corrected chi connectivity index (χ0v) is 21.1. The highest BCUT2D eigenvalue weighted by Crippen LogP contribution is 2.54. The fourth-order valence-electron chi connectivity index (χ4n) is 5.08. The van der Waals surface area contributed by atoms with E-state index in [1.807, 2.05) is 0 Å². The molecule has 2 aliphatic rings. The molecule has 0 aromatic heterocycles. The van der Waals surface area contributed by atoms with Crippen LogP contribution < -0.4 is 4.72 Å². The molecule has 1 saturated heterocycles. The highest BCUT2D eigenvalue weighted by molar-refractivity contribution is 7.89. The molecule has 1 amide bonds. The number of hydrogen-bond donors (Lipinski definition) is 2. The Morgan fingerprint density at radius 3 is 2.53 bits per heavy atom. The van der Waals surface area contributed by atoms with Crippen molar-refractivity contribution < 1.29 is 31.5 Å². The van der Waals surface area contributed by atoms with E-state index < -0.39 is 56.7 Å². The summed E-state index contributed by atoms with van der Waals surface area (Å²) in [5, 5.41) is 10.7. The summed E-state index contributed by atoms with van der Waals surface area (Å²) in [4.78, 5) is 14.9. The molecule has 0 radical (unpaired) electrons. The van der Waals surface area contributed by atoms with Crippen LogP contribution in [0.2, 0.25) is 0 Å². The smallest absolute Gasteiger partial charge is 0.254 e. The largest absolute Gasteiger partial charge is 0.380 e. The number of carbonyl (C=O) groups is 1. The van der Waals surface area contributed by atoms with Crippen LogP contribution in [0.15, 0.2) is 42.5 Å². The Bertz CT molecular complexity index is 1250. The fraction of sp³-hybridized carbons (Fsp3) is 0.500. The van der Waals surface area contributed by atoms with E-state index in [1.54, 1.807) is 25.1 Å². The predicted octanol–water partition coefficient (Wildman–Crippen LogP) is 3.93. The lowest BCUT2D eigenvalue weighted by molar-refractivity contribution is -0.156. The molecule has 0 unspecified atom stereocenters. The van der Waals surface area contributed by atoms with Gasteiger partial charge in [0.15, 0.2) is 0 Å². The second-order valence-electron chi connectivity index (χ2n) is 10.2. The lowest BCUT2D eigenvalue weighted by atomic mass is 9.81. The minimum atomic E-state index is -4.15. The zero-order chi connectivity index (χ0) is 26.3. The zero-order valence-electron chi connectivity index (χ0n) is 20.3. The number of carbonyl (C=O) groups excluding carboxylic acids is 1. The van der Waals surface area contributed by atoms with Gasteiger partial charge in [0.25, 0.3) is 5.91 Å². The summed E-state index contributed by atoms with van der Waals surface area (Å²) in [7, 11) is -4.15. The van der Waals surface area contributed by atoms with Crippen molar-refractivity contribution >= 4 is 15.9 Å². The maximum Gasteiger partial charge on any atom is 0.254 e. The number of piperidine rings is 1. The second-order valence-corrected chi connectivity index (χ2v) is 11.9. The number of benzene rings is 2. The van der Waals surface area contributed by atoms with Gasteiger partial charge in [0.05, 0.1) is 0 Å². The van der Waals surface area contributed by atoms with Crippen LogP contribution in [0.25, 0.3) is 11.1 Å². The molecule has 2 aromatic rings. The van der Waals surface area contributed by atoms with Crippen molar-refractivity contribution in [1.29, 1.82) is 0 Å². The molecule has 6 nitrogen and oxygen atoms in total. The molecule has 0 bridgehead atoms. The summed E-state index contributed by atoms with van der Waals surface area (Å²) in [6.07, 6.45) is 1.67. The molecule has 1 spiro atoms. The van der Waals surface area contributed by atoms with Crippen molar-refractivity contribution in [2.75, 3.05) is 12.6 Å². The van der Waals surface area contributed by atoms with Crippen molar-refractivity contribution in [3.8, 4) is 11.1 Å². The van der Waals surface area contributed by atoms with E-state index in [0.717, 1.165) is 0 Å². The van der Waals surface area contributed by atoms with E-state index in [0.29, 0.717) is 18.4 Å². The number of alkyl halides is 1. The molecule has 2 N–H and O–H groups in total. The quantitative estimate of drug-likeness (QED) is 0.548. The molecule has 3 atom stereocenters. The summed E-state index contributed by atoms with van der Waals surface area (Å²) in [6, 6.07) is 7.51. The predicted molar refractivity (Wildman–Crippen MR) is 130 cm³/mol. The number of likely N-dealkylation sites (tertiary alicyclic amines) is 1. The third kappa shape index (κ3) is 5.31. The summed E-state index contributed by atoms with van der Waals surface area (Å²) in [5.41, 5.74) is -1.34. The van der Waals surface area contributed by atoms with Crippen LogP contribution in [-0.4, -0.2) is 54.6 Å². The minimum absolute atomic E-state index is 0.0461. The van der Waals surface area contributed by atoms with Crippen LogP contribution in [-0.2, 0) is 21.2 Å². The van der Waals surface area contributed by atoms with Gasteiger partial charge in [0.1, 0.15) is 17.2 Å². The monoisotopic (exact) mass is 524 g/mol. The first-order valence-electron chi connectivity index (χ1n) is 12.0. The fourth-order valence-corrected chi connectivity index (χ4v) is 5.92. The van der Waals surface area contributed by atoms with Crippen LogP contribution in [0.4, 0.5) is 13.2 Å². The highest BCUT2D eigenvalue weighted by atomic mass is 32.2. The standard InChI is InChI=1S/C26H31F3N2O4S/c1-3-25(2,33)24(32)31-15-26(10-11-26)22(30-36(34,35)16-27)14-20(31)13-18-7-5-9-21(23(18)29)17-6-4-8-19(28)12-17/h4-9,12,20,22,30,33H,3,10-11,13-16H2,1-2H3/t20-,22+,25-/m0/s1. The van der Waals surface area contributed by atoms with Gasteiger partial charge in [-0.15, -0.1) is 0 Å². The van der Waals surface area contributed by atoms with Gasteiger partial charge < -0.3 is 10.0 Å². The van der Waals surface area contributed by atoms with Crippen molar-refractivity contribution in [3.05, 3.63) is 59.7 Å². The summed E-state index contributed by atoms with van der Waals surface area (Å²) < 4.78 is 69.0. The molecule has 1 aliphatic carbocycles. The van der Waals surface area contributed by atoms with Gasteiger partial charge >= 0.3 is 0 Å². The highest BCUT2D eigenvalue weighted by Gasteiger charge is 2.57. The van der Waals surface area contributed by atoms with Gasteiger partial charge in [-0.05, 0) is 62.3 Å². The summed E-state index contributed by atoms with van der Waals surface area (Å²) in [6.45, 7) is 3.29. The number of sulfonamides is 1. The van der Waals surface area contributed by atoms with Crippen LogP contribution in [0, 0.1) is 17.0 Å². The maximum atomic E-state index is 15.6. The van der Waals surface area contributed by atoms with E-state index in [2.05, 4.69) is 4.72 Å². The van der Waals surface area contributed by atoms with Gasteiger partial charge in [-0.1, -0.05) is 37.3 Å². The Morgan fingerprint density at radius 1 is 1.22 bits per heavy atom. The first-order chi connectivity index (χ1) is 16.9. The molecule has 2 fully saturated rings. The third-order valence-electron chi connectivity index (χ3n) is 7.61. The van der Waals surface area contributed by atoms with Crippen LogP contribution in [0.5, 0.6) is 0 Å². The summed E-state index contributed by atoms with van der Waals surface area (Å²) >= 11 is 0. The van der Waals surface area contributed by atoms with E-state index in [9.17, 15) is 27.1 Å². The Hall–Kier alpha value is -2.43. The number of nitrogens with one attached hydrogen (secondary N) is 1. The number of hydrogen-bond acceptors (Lipinski definition) is 4. The molecular formula is C26H31F3N2O4S. The minimum Gasteiger partial charge on any atom is -0.380 e. The lowest BCUT2D eigenvalue weighted by Crippen LogP contribution is -2.61. The first kappa shape index (κ1) is 26.6. The number of rotatable bonds is 8. The van der Waals surface area contributed by atoms with Crippen molar-refractivity contribution in [2.45, 2.75) is 63.6 Å². The average Bonchev–Trinajstić information content (AvgIpc) is 3.62. The molecule has 36 heavy (non-hydrogen) atoms. The Kier molecular flexibility index (Phi) is 7.24. The first-order valence-corrected chi connectivity index (χ1v) is 13.7. The molecule has 10 heteroatoms. The lowest BCUT2D eigenvalue weighted by Gasteiger charge is -2.47. The van der Waals surface area contributed by atoms with Gasteiger partial charge in [0, 0.05) is 29.6 Å². The Labute approximate surface area is 209 Å². The topological polar surface area (TPSA) is 86.7 Å². The van der Waals surface area contributed by atoms with Crippen LogP contribution in [0.3, 0.4) is 0 Å². The second kappa shape index (κ2) is 9.79. The van der Waals surface area contributed by atoms with E-state index in [4.69, 9.17) is 0 Å². The number of nitrogens with zero attached hydrogens (tertiary/aromatic N) is 1. The van der Waals surface area contributed by atoms with Gasteiger partial charge in [-0.2, -0.15) is 0 Å². The van der Waals surface area contributed by atoms with Crippen molar-refractivity contribution in [3.63, 3.8) is 0 Å². The van der Waals surface area contributed by atoms with Gasteiger partial charge in [0.2, 0.25) is 16.0 Å². The van der Waals surface area contributed by atoms with Crippen molar-refractivity contribution in [1.82, 2.24) is 9.62 Å². The van der Waals surface area contributed by atoms with Crippen molar-refractivity contribution in [2.24, 2.45) is 5.41 Å². The third-order valence-corrected chi connectivity index (χ3v) is 8.54. The number of aliphatic hydroxyl groups is 1. The molecule has 1 aliphatic heterocycles. The Morgan fingerprint density at radius 2 is 1.92 bits per heavy atom. The molecule has 1 saturated carbocycles. The van der Waals surface area contributed by atoms with Gasteiger partial charge in [-0.3, -0.25) is 4.79 Å². The van der Waals surface area contributed by atoms with Crippen LogP contribution >= 0.6 is 0 Å². The molecule has 196 valence electrons. The number of halogens is 3. The normalized spacial score (nSPS) is 22.9. The maximum absolute atomic E-state index is 15.6. The van der Waals surface area contributed by atoms with E-state index in [1.165, 1.54) is 36.1 Å². The molecule has 2 aromatic carbocycles. The van der Waals surface area contributed by atoms with Gasteiger partial charge in [-0.25, -0.2) is 26.3 Å². The summed E-state index contributed by atoms with van der Waals surface area (Å²) in [5.74, 6) is -1.57. The van der Waals surface area contributed by atoms with E-state index in [-0.39, 0.29) is 36.9 Å². The molecule has 4 rings (SSSR count). The Balaban J connectivity index is 1.69. The van der Waals surface area contributed by atoms with Crippen LogP contribution in [0.1, 0.15) is 45.1 Å².